The zero-order valence-electron chi connectivity index (χ0n) is 12.3. The summed E-state index contributed by atoms with van der Waals surface area (Å²) in [5.41, 5.74) is 2.13. The van der Waals surface area contributed by atoms with E-state index in [-0.39, 0.29) is 5.92 Å². The molecule has 108 valence electrons. The van der Waals surface area contributed by atoms with Crippen LogP contribution >= 0.6 is 0 Å². The molecule has 2 saturated heterocycles. The number of ketones is 1. The number of hydrogen-bond acceptors (Lipinski definition) is 3. The molecule has 1 aromatic carbocycles. The van der Waals surface area contributed by atoms with Gasteiger partial charge in [0.2, 0.25) is 0 Å². The number of aryl methyl sites for hydroxylation is 1. The van der Waals surface area contributed by atoms with E-state index in [0.717, 1.165) is 38.0 Å². The van der Waals surface area contributed by atoms with Crippen molar-refractivity contribution in [2.24, 2.45) is 5.92 Å². The van der Waals surface area contributed by atoms with E-state index in [1.165, 1.54) is 5.56 Å². The maximum atomic E-state index is 12.7. The van der Waals surface area contributed by atoms with E-state index in [2.05, 4.69) is 31.0 Å². The first kappa shape index (κ1) is 13.8. The van der Waals surface area contributed by atoms with Gasteiger partial charge in [0, 0.05) is 23.6 Å². The van der Waals surface area contributed by atoms with Crippen LogP contribution in [0.15, 0.2) is 24.3 Å². The maximum absolute atomic E-state index is 12.7. The number of fused-ring (bicyclic) bond motifs is 2. The Labute approximate surface area is 120 Å². The third kappa shape index (κ3) is 2.52. The maximum Gasteiger partial charge on any atom is 0.166 e. The standard InChI is InChI=1S/C17H23NO2/c1-3-12-5-4-6-13(7-12)17(19)14-8-15-10-20-11-16(9-14)18(15)2/h4-7,14-16H,3,8-11H2,1-2H3. The van der Waals surface area contributed by atoms with Crippen LogP contribution in [0.5, 0.6) is 0 Å². The van der Waals surface area contributed by atoms with E-state index < -0.39 is 0 Å². The van der Waals surface area contributed by atoms with Gasteiger partial charge < -0.3 is 4.74 Å². The molecule has 3 heteroatoms. The molecule has 1 aromatic rings. The predicted octanol–water partition coefficient (Wildman–Crippen LogP) is 2.54. The lowest BCUT2D eigenvalue weighted by atomic mass is 9.81. The fourth-order valence-electron chi connectivity index (χ4n) is 3.49. The monoisotopic (exact) mass is 273 g/mol. The van der Waals surface area contributed by atoms with Crippen LogP contribution in [0.2, 0.25) is 0 Å². The van der Waals surface area contributed by atoms with Crippen LogP contribution in [0.4, 0.5) is 0 Å². The third-order valence-electron chi connectivity index (χ3n) is 4.88. The summed E-state index contributed by atoms with van der Waals surface area (Å²) >= 11 is 0. The van der Waals surface area contributed by atoms with E-state index >= 15 is 0 Å². The van der Waals surface area contributed by atoms with Crippen molar-refractivity contribution in [3.63, 3.8) is 0 Å². The fraction of sp³-hybridized carbons (Fsp3) is 0.588. The number of carbonyl (C=O) groups excluding carboxylic acids is 1. The van der Waals surface area contributed by atoms with Crippen molar-refractivity contribution in [1.29, 1.82) is 0 Å². The molecule has 2 bridgehead atoms. The molecule has 0 radical (unpaired) electrons. The molecule has 0 aromatic heterocycles. The molecular formula is C17H23NO2. The number of benzene rings is 1. The molecular weight excluding hydrogens is 250 g/mol. The molecule has 2 fully saturated rings. The summed E-state index contributed by atoms with van der Waals surface area (Å²) in [4.78, 5) is 15.1. The average molecular weight is 273 g/mol. The molecule has 2 unspecified atom stereocenters. The van der Waals surface area contributed by atoms with Gasteiger partial charge in [0.25, 0.3) is 0 Å². The van der Waals surface area contributed by atoms with Gasteiger partial charge in [0.15, 0.2) is 5.78 Å². The van der Waals surface area contributed by atoms with Crippen LogP contribution in [0, 0.1) is 5.92 Å². The number of ether oxygens (including phenoxy) is 1. The zero-order chi connectivity index (χ0) is 14.1. The second-order valence-electron chi connectivity index (χ2n) is 6.10. The number of rotatable bonds is 3. The van der Waals surface area contributed by atoms with Crippen LogP contribution in [-0.4, -0.2) is 43.0 Å². The number of piperidine rings is 1. The van der Waals surface area contributed by atoms with Gasteiger partial charge in [-0.25, -0.2) is 0 Å². The molecule has 0 spiro atoms. The summed E-state index contributed by atoms with van der Waals surface area (Å²) in [5, 5.41) is 0. The predicted molar refractivity (Wildman–Crippen MR) is 79.0 cm³/mol. The number of hydrogen-bond donors (Lipinski definition) is 0. The second kappa shape index (κ2) is 5.66. The van der Waals surface area contributed by atoms with Gasteiger partial charge in [-0.05, 0) is 37.9 Å². The number of nitrogens with zero attached hydrogens (tertiary/aromatic N) is 1. The molecule has 0 aliphatic carbocycles. The van der Waals surface area contributed by atoms with Crippen molar-refractivity contribution in [3.8, 4) is 0 Å². The molecule has 0 amide bonds. The molecule has 0 saturated carbocycles. The Hall–Kier alpha value is -1.19. The summed E-state index contributed by atoms with van der Waals surface area (Å²) in [6.07, 6.45) is 2.85. The summed E-state index contributed by atoms with van der Waals surface area (Å²) in [5.74, 6) is 0.488. The summed E-state index contributed by atoms with van der Waals surface area (Å²) < 4.78 is 5.62. The SMILES string of the molecule is CCc1cccc(C(=O)C2CC3COCC(C2)N3C)c1. The normalized spacial score (nSPS) is 30.2. The third-order valence-corrected chi connectivity index (χ3v) is 4.88. The Morgan fingerprint density at radius 3 is 2.65 bits per heavy atom. The molecule has 2 aliphatic rings. The van der Waals surface area contributed by atoms with Crippen LogP contribution in [0.3, 0.4) is 0 Å². The van der Waals surface area contributed by atoms with Crippen molar-refractivity contribution < 1.29 is 9.53 Å². The Bertz CT molecular complexity index is 486. The highest BCUT2D eigenvalue weighted by Gasteiger charge is 2.39. The van der Waals surface area contributed by atoms with Crippen LogP contribution in [0.1, 0.15) is 35.7 Å². The lowest BCUT2D eigenvalue weighted by Crippen LogP contribution is -2.55. The Balaban J connectivity index is 1.77. The highest BCUT2D eigenvalue weighted by atomic mass is 16.5. The van der Waals surface area contributed by atoms with Gasteiger partial charge in [-0.15, -0.1) is 0 Å². The van der Waals surface area contributed by atoms with Gasteiger partial charge in [-0.1, -0.05) is 25.1 Å². The van der Waals surface area contributed by atoms with E-state index in [1.807, 2.05) is 12.1 Å². The van der Waals surface area contributed by atoms with Gasteiger partial charge in [0.1, 0.15) is 0 Å². The molecule has 20 heavy (non-hydrogen) atoms. The number of Topliss-reactive ketones (excluding diaryl/α,β-unsaturated/α-hetero) is 1. The van der Waals surface area contributed by atoms with E-state index in [1.54, 1.807) is 0 Å². The first-order chi connectivity index (χ1) is 9.69. The van der Waals surface area contributed by atoms with Crippen LogP contribution in [0.25, 0.3) is 0 Å². The molecule has 3 nitrogen and oxygen atoms in total. The fourth-order valence-corrected chi connectivity index (χ4v) is 3.49. The first-order valence-electron chi connectivity index (χ1n) is 7.62. The average Bonchev–Trinajstić information content (AvgIpc) is 2.46. The van der Waals surface area contributed by atoms with Crippen molar-refractivity contribution in [2.45, 2.75) is 38.3 Å². The minimum atomic E-state index is 0.164. The molecule has 2 aliphatic heterocycles. The molecule has 3 rings (SSSR count). The van der Waals surface area contributed by atoms with Crippen LogP contribution < -0.4 is 0 Å². The smallest absolute Gasteiger partial charge is 0.166 e. The Kier molecular flexibility index (Phi) is 3.90. The summed E-state index contributed by atoms with van der Waals surface area (Å²) in [6, 6.07) is 8.94. The van der Waals surface area contributed by atoms with E-state index in [0.29, 0.717) is 17.9 Å². The van der Waals surface area contributed by atoms with Gasteiger partial charge in [-0.3, -0.25) is 9.69 Å². The molecule has 2 heterocycles. The zero-order valence-corrected chi connectivity index (χ0v) is 12.3. The largest absolute Gasteiger partial charge is 0.378 e. The molecule has 0 N–H and O–H groups in total. The van der Waals surface area contributed by atoms with Crippen molar-refractivity contribution in [1.82, 2.24) is 4.90 Å². The van der Waals surface area contributed by atoms with Gasteiger partial charge in [-0.2, -0.15) is 0 Å². The van der Waals surface area contributed by atoms with Gasteiger partial charge >= 0.3 is 0 Å². The summed E-state index contributed by atoms with van der Waals surface area (Å²) in [6.45, 7) is 3.67. The topological polar surface area (TPSA) is 29.5 Å². The van der Waals surface area contributed by atoms with E-state index in [4.69, 9.17) is 4.74 Å². The number of likely N-dealkylation sites (N-methyl/N-ethyl adjacent to an activating group) is 1. The molecule has 2 atom stereocenters. The second-order valence-corrected chi connectivity index (χ2v) is 6.10. The van der Waals surface area contributed by atoms with Crippen molar-refractivity contribution >= 4 is 5.78 Å². The quantitative estimate of drug-likeness (QED) is 0.793. The Morgan fingerprint density at radius 1 is 1.30 bits per heavy atom. The van der Waals surface area contributed by atoms with Crippen molar-refractivity contribution in [2.75, 3.05) is 20.3 Å². The highest BCUT2D eigenvalue weighted by molar-refractivity contribution is 5.98. The summed E-state index contributed by atoms with van der Waals surface area (Å²) in [7, 11) is 2.16. The lowest BCUT2D eigenvalue weighted by Gasteiger charge is -2.46. The van der Waals surface area contributed by atoms with Crippen LogP contribution in [-0.2, 0) is 11.2 Å². The Morgan fingerprint density at radius 2 is 2.00 bits per heavy atom. The minimum Gasteiger partial charge on any atom is -0.378 e. The number of carbonyl (C=O) groups is 1. The van der Waals surface area contributed by atoms with E-state index in [9.17, 15) is 4.79 Å². The highest BCUT2D eigenvalue weighted by Crippen LogP contribution is 2.32. The minimum absolute atomic E-state index is 0.164. The van der Waals surface area contributed by atoms with Crippen molar-refractivity contribution in [3.05, 3.63) is 35.4 Å². The number of morpholine rings is 1. The lowest BCUT2D eigenvalue weighted by molar-refractivity contribution is -0.0702. The first-order valence-corrected chi connectivity index (χ1v) is 7.62. The van der Waals surface area contributed by atoms with Gasteiger partial charge in [0.05, 0.1) is 13.2 Å².